The van der Waals surface area contributed by atoms with E-state index in [1.165, 1.54) is 6.92 Å². The summed E-state index contributed by atoms with van der Waals surface area (Å²) >= 11 is 1.57. The standard InChI is InChI=1S/C12H17N3O2S/c1-8(16)14-9-4-6-18-11(9)7-13-10-3-5-15(2)12(10)17/h4,6,10,13H,3,5,7H2,1-2H3,(H,14,16). The molecule has 1 saturated heterocycles. The summed E-state index contributed by atoms with van der Waals surface area (Å²) < 4.78 is 0. The van der Waals surface area contributed by atoms with Crippen LogP contribution < -0.4 is 10.6 Å². The van der Waals surface area contributed by atoms with E-state index in [4.69, 9.17) is 0 Å². The lowest BCUT2D eigenvalue weighted by Crippen LogP contribution is -2.36. The summed E-state index contributed by atoms with van der Waals surface area (Å²) in [5, 5.41) is 7.97. The summed E-state index contributed by atoms with van der Waals surface area (Å²) in [6.45, 7) is 2.90. The number of likely N-dealkylation sites (tertiary alicyclic amines) is 1. The quantitative estimate of drug-likeness (QED) is 0.856. The molecule has 6 heteroatoms. The number of nitrogens with one attached hydrogen (secondary N) is 2. The molecule has 1 aromatic heterocycles. The van der Waals surface area contributed by atoms with Crippen LogP contribution in [0.1, 0.15) is 18.2 Å². The number of anilines is 1. The van der Waals surface area contributed by atoms with Gasteiger partial charge in [0.1, 0.15) is 0 Å². The van der Waals surface area contributed by atoms with Crippen LogP contribution in [0, 0.1) is 0 Å². The molecular weight excluding hydrogens is 250 g/mol. The van der Waals surface area contributed by atoms with Gasteiger partial charge in [-0.2, -0.15) is 0 Å². The molecule has 0 spiro atoms. The smallest absolute Gasteiger partial charge is 0.239 e. The number of rotatable bonds is 4. The van der Waals surface area contributed by atoms with Crippen molar-refractivity contribution in [2.24, 2.45) is 0 Å². The lowest BCUT2D eigenvalue weighted by atomic mass is 10.2. The lowest BCUT2D eigenvalue weighted by Gasteiger charge is -2.12. The van der Waals surface area contributed by atoms with E-state index in [0.29, 0.717) is 6.54 Å². The summed E-state index contributed by atoms with van der Waals surface area (Å²) in [5.41, 5.74) is 0.832. The number of carbonyl (C=O) groups is 2. The maximum Gasteiger partial charge on any atom is 0.239 e. The molecule has 2 N–H and O–H groups in total. The van der Waals surface area contributed by atoms with Crippen molar-refractivity contribution in [3.05, 3.63) is 16.3 Å². The fraction of sp³-hybridized carbons (Fsp3) is 0.500. The van der Waals surface area contributed by atoms with Gasteiger partial charge in [-0.1, -0.05) is 0 Å². The molecule has 2 rings (SSSR count). The highest BCUT2D eigenvalue weighted by Crippen LogP contribution is 2.22. The van der Waals surface area contributed by atoms with Gasteiger partial charge in [0.05, 0.1) is 11.7 Å². The molecule has 1 unspecified atom stereocenters. The van der Waals surface area contributed by atoms with Gasteiger partial charge in [0.25, 0.3) is 0 Å². The highest BCUT2D eigenvalue weighted by molar-refractivity contribution is 7.10. The van der Waals surface area contributed by atoms with Crippen LogP contribution in [0.25, 0.3) is 0 Å². The topological polar surface area (TPSA) is 61.4 Å². The second-order valence-corrected chi connectivity index (χ2v) is 5.42. The Kier molecular flexibility index (Phi) is 3.98. The molecule has 1 atom stereocenters. The van der Waals surface area contributed by atoms with Crippen molar-refractivity contribution >= 4 is 28.8 Å². The molecule has 98 valence electrons. The normalized spacial score (nSPS) is 19.3. The van der Waals surface area contributed by atoms with E-state index in [2.05, 4.69) is 10.6 Å². The van der Waals surface area contributed by atoms with Crippen LogP contribution in [0.15, 0.2) is 11.4 Å². The maximum atomic E-state index is 11.7. The number of likely N-dealkylation sites (N-methyl/N-ethyl adjacent to an activating group) is 1. The van der Waals surface area contributed by atoms with Crippen LogP contribution in [-0.4, -0.2) is 36.3 Å². The first-order valence-electron chi connectivity index (χ1n) is 5.90. The van der Waals surface area contributed by atoms with E-state index in [1.54, 1.807) is 16.2 Å². The van der Waals surface area contributed by atoms with Crippen molar-refractivity contribution in [1.82, 2.24) is 10.2 Å². The van der Waals surface area contributed by atoms with Gasteiger partial charge < -0.3 is 15.5 Å². The Bertz CT molecular complexity index is 458. The minimum atomic E-state index is -0.0951. The zero-order chi connectivity index (χ0) is 13.1. The molecule has 0 radical (unpaired) electrons. The van der Waals surface area contributed by atoms with Gasteiger partial charge >= 0.3 is 0 Å². The highest BCUT2D eigenvalue weighted by Gasteiger charge is 2.28. The highest BCUT2D eigenvalue weighted by atomic mass is 32.1. The first-order valence-corrected chi connectivity index (χ1v) is 6.78. The Hall–Kier alpha value is -1.40. The fourth-order valence-electron chi connectivity index (χ4n) is 2.01. The summed E-state index contributed by atoms with van der Waals surface area (Å²) in [6.07, 6.45) is 0.843. The van der Waals surface area contributed by atoms with E-state index in [1.807, 2.05) is 18.5 Å². The monoisotopic (exact) mass is 267 g/mol. The molecular formula is C12H17N3O2S. The minimum Gasteiger partial charge on any atom is -0.344 e. The lowest BCUT2D eigenvalue weighted by molar-refractivity contribution is -0.128. The summed E-state index contributed by atoms with van der Waals surface area (Å²) in [7, 11) is 1.82. The molecule has 18 heavy (non-hydrogen) atoms. The number of thiophene rings is 1. The van der Waals surface area contributed by atoms with Crippen LogP contribution >= 0.6 is 11.3 Å². The van der Waals surface area contributed by atoms with Gasteiger partial charge in [-0.15, -0.1) is 11.3 Å². The molecule has 2 heterocycles. The fourth-order valence-corrected chi connectivity index (χ4v) is 2.79. The van der Waals surface area contributed by atoms with E-state index in [-0.39, 0.29) is 17.9 Å². The maximum absolute atomic E-state index is 11.7. The summed E-state index contributed by atoms with van der Waals surface area (Å²) in [6, 6.07) is 1.79. The van der Waals surface area contributed by atoms with Gasteiger partial charge in [0.2, 0.25) is 11.8 Å². The van der Waals surface area contributed by atoms with Gasteiger partial charge in [0.15, 0.2) is 0 Å². The van der Waals surface area contributed by atoms with Crippen molar-refractivity contribution in [3.63, 3.8) is 0 Å². The Labute approximate surface area is 110 Å². The SMILES string of the molecule is CC(=O)Nc1ccsc1CNC1CCN(C)C1=O. The second-order valence-electron chi connectivity index (χ2n) is 4.42. The van der Waals surface area contributed by atoms with Crippen LogP contribution in [0.5, 0.6) is 0 Å². The average molecular weight is 267 g/mol. The van der Waals surface area contributed by atoms with Crippen LogP contribution in [-0.2, 0) is 16.1 Å². The van der Waals surface area contributed by atoms with Crippen molar-refractivity contribution < 1.29 is 9.59 Å². The third-order valence-corrected chi connectivity index (χ3v) is 3.91. The van der Waals surface area contributed by atoms with Crippen molar-refractivity contribution in [1.29, 1.82) is 0 Å². The number of hydrogen-bond acceptors (Lipinski definition) is 4. The molecule has 2 amide bonds. The first kappa shape index (κ1) is 13.0. The zero-order valence-corrected chi connectivity index (χ0v) is 11.3. The number of hydrogen-bond donors (Lipinski definition) is 2. The van der Waals surface area contributed by atoms with Gasteiger partial charge in [-0.3, -0.25) is 9.59 Å². The summed E-state index contributed by atoms with van der Waals surface area (Å²) in [5.74, 6) is 0.0685. The third-order valence-electron chi connectivity index (χ3n) is 2.99. The van der Waals surface area contributed by atoms with E-state index in [0.717, 1.165) is 23.5 Å². The minimum absolute atomic E-state index is 0.0775. The third kappa shape index (κ3) is 2.88. The number of amides is 2. The van der Waals surface area contributed by atoms with Gasteiger partial charge in [-0.05, 0) is 17.9 Å². The Morgan fingerprint density at radius 1 is 1.61 bits per heavy atom. The average Bonchev–Trinajstić information content (AvgIpc) is 2.86. The molecule has 0 aromatic carbocycles. The first-order chi connectivity index (χ1) is 8.58. The van der Waals surface area contributed by atoms with E-state index < -0.39 is 0 Å². The van der Waals surface area contributed by atoms with Crippen molar-refractivity contribution in [2.45, 2.75) is 25.9 Å². The van der Waals surface area contributed by atoms with Crippen LogP contribution in [0.3, 0.4) is 0 Å². The van der Waals surface area contributed by atoms with Gasteiger partial charge in [-0.25, -0.2) is 0 Å². The molecule has 1 fully saturated rings. The second kappa shape index (κ2) is 5.49. The van der Waals surface area contributed by atoms with Crippen molar-refractivity contribution in [3.8, 4) is 0 Å². The van der Waals surface area contributed by atoms with Crippen molar-refractivity contribution in [2.75, 3.05) is 18.9 Å². The van der Waals surface area contributed by atoms with E-state index >= 15 is 0 Å². The predicted octanol–water partition coefficient (Wildman–Crippen LogP) is 1.03. The largest absolute Gasteiger partial charge is 0.344 e. The molecule has 1 aliphatic heterocycles. The van der Waals surface area contributed by atoms with Crippen LogP contribution in [0.2, 0.25) is 0 Å². The Balaban J connectivity index is 1.92. The molecule has 1 aliphatic rings. The summed E-state index contributed by atoms with van der Waals surface area (Å²) in [4.78, 5) is 25.5. The molecule has 0 saturated carbocycles. The molecule has 1 aromatic rings. The molecule has 5 nitrogen and oxygen atoms in total. The van der Waals surface area contributed by atoms with Gasteiger partial charge in [0, 0.05) is 31.9 Å². The predicted molar refractivity (Wildman–Crippen MR) is 71.5 cm³/mol. The van der Waals surface area contributed by atoms with Crippen LogP contribution in [0.4, 0.5) is 5.69 Å². The molecule has 0 aliphatic carbocycles. The number of nitrogens with zero attached hydrogens (tertiary/aromatic N) is 1. The Morgan fingerprint density at radius 3 is 3.00 bits per heavy atom. The Morgan fingerprint density at radius 2 is 2.39 bits per heavy atom. The number of carbonyl (C=O) groups excluding carboxylic acids is 2. The van der Waals surface area contributed by atoms with E-state index in [9.17, 15) is 9.59 Å². The molecule has 0 bridgehead atoms. The zero-order valence-electron chi connectivity index (χ0n) is 10.5.